The quantitative estimate of drug-likeness (QED) is 0.927. The smallest absolute Gasteiger partial charge is 0.132 e. The maximum Gasteiger partial charge on any atom is 0.132 e. The van der Waals surface area contributed by atoms with Crippen molar-refractivity contribution in [2.24, 2.45) is 5.73 Å². The summed E-state index contributed by atoms with van der Waals surface area (Å²) in [6.07, 6.45) is 0. The molecular weight excluding hydrogens is 267 g/mol. The van der Waals surface area contributed by atoms with Crippen LogP contribution in [-0.4, -0.2) is 0 Å². The normalized spacial score (nSPS) is 12.2. The van der Waals surface area contributed by atoms with E-state index in [9.17, 15) is 13.2 Å². The van der Waals surface area contributed by atoms with Gasteiger partial charge in [0.2, 0.25) is 0 Å². The van der Waals surface area contributed by atoms with E-state index >= 15 is 0 Å². The predicted molar refractivity (Wildman–Crippen MR) is 69.7 cm³/mol. The Labute approximate surface area is 115 Å². The van der Waals surface area contributed by atoms with Crippen molar-refractivity contribution < 1.29 is 17.9 Å². The molecule has 0 spiro atoms. The Bertz CT molecular complexity index is 594. The average molecular weight is 281 g/mol. The zero-order valence-electron chi connectivity index (χ0n) is 10.9. The number of hydrogen-bond donors (Lipinski definition) is 1. The van der Waals surface area contributed by atoms with Crippen molar-refractivity contribution in [1.29, 1.82) is 0 Å². The molecule has 0 aliphatic heterocycles. The lowest BCUT2D eigenvalue weighted by Crippen LogP contribution is -2.09. The molecule has 1 atom stereocenters. The molecule has 20 heavy (non-hydrogen) atoms. The number of nitrogens with two attached hydrogens (primary N) is 1. The maximum atomic E-state index is 13.5. The van der Waals surface area contributed by atoms with Gasteiger partial charge in [-0.05, 0) is 37.3 Å². The zero-order valence-corrected chi connectivity index (χ0v) is 10.9. The lowest BCUT2D eigenvalue weighted by atomic mass is 10.1. The Hall–Kier alpha value is -2.01. The van der Waals surface area contributed by atoms with Crippen LogP contribution in [0.1, 0.15) is 24.1 Å². The summed E-state index contributed by atoms with van der Waals surface area (Å²) in [6, 6.07) is 6.98. The molecule has 0 amide bonds. The minimum atomic E-state index is -0.686. The van der Waals surface area contributed by atoms with E-state index in [0.717, 1.165) is 12.1 Å². The number of halogens is 3. The van der Waals surface area contributed by atoms with Crippen LogP contribution in [0.3, 0.4) is 0 Å². The fraction of sp³-hybridized carbons (Fsp3) is 0.200. The monoisotopic (exact) mass is 281 g/mol. The summed E-state index contributed by atoms with van der Waals surface area (Å²) in [5.74, 6) is -1.50. The highest BCUT2D eigenvalue weighted by Gasteiger charge is 2.13. The van der Waals surface area contributed by atoms with Crippen molar-refractivity contribution in [3.05, 3.63) is 65.0 Å². The first-order valence-electron chi connectivity index (χ1n) is 6.09. The van der Waals surface area contributed by atoms with Gasteiger partial charge < -0.3 is 10.5 Å². The molecule has 2 aromatic rings. The Morgan fingerprint density at radius 3 is 2.35 bits per heavy atom. The Kier molecular flexibility index (Phi) is 4.29. The first-order chi connectivity index (χ1) is 9.49. The zero-order chi connectivity index (χ0) is 14.7. The third-order valence-electron chi connectivity index (χ3n) is 2.90. The minimum absolute atomic E-state index is 0.174. The molecule has 106 valence electrons. The second-order valence-corrected chi connectivity index (χ2v) is 4.46. The van der Waals surface area contributed by atoms with Gasteiger partial charge in [0.05, 0.1) is 5.56 Å². The minimum Gasteiger partial charge on any atom is -0.488 e. The van der Waals surface area contributed by atoms with Crippen LogP contribution in [0, 0.1) is 17.5 Å². The SMILES string of the molecule is C[C@@H](N)c1cc(F)ccc1OCc1c(F)cccc1F. The van der Waals surface area contributed by atoms with Crippen LogP contribution in [0.2, 0.25) is 0 Å². The maximum absolute atomic E-state index is 13.5. The molecule has 0 aliphatic carbocycles. The fourth-order valence-corrected chi connectivity index (χ4v) is 1.83. The van der Waals surface area contributed by atoms with Gasteiger partial charge in [-0.15, -0.1) is 0 Å². The van der Waals surface area contributed by atoms with Crippen LogP contribution < -0.4 is 10.5 Å². The summed E-state index contributed by atoms with van der Waals surface area (Å²) in [4.78, 5) is 0. The van der Waals surface area contributed by atoms with Gasteiger partial charge in [-0.3, -0.25) is 0 Å². The standard InChI is InChI=1S/C15H14F3NO/c1-9(19)11-7-10(16)5-6-15(11)20-8-12-13(17)3-2-4-14(12)18/h2-7,9H,8,19H2,1H3/t9-/m1/s1. The van der Waals surface area contributed by atoms with Gasteiger partial charge in [0, 0.05) is 11.6 Å². The van der Waals surface area contributed by atoms with Crippen LogP contribution in [-0.2, 0) is 6.61 Å². The van der Waals surface area contributed by atoms with Gasteiger partial charge in [-0.25, -0.2) is 13.2 Å². The van der Waals surface area contributed by atoms with E-state index in [1.165, 1.54) is 24.3 Å². The molecule has 2 N–H and O–H groups in total. The largest absolute Gasteiger partial charge is 0.488 e. The van der Waals surface area contributed by atoms with Crippen molar-refractivity contribution in [2.45, 2.75) is 19.6 Å². The predicted octanol–water partition coefficient (Wildman–Crippen LogP) is 3.70. The Morgan fingerprint density at radius 1 is 1.10 bits per heavy atom. The molecule has 0 heterocycles. The molecule has 5 heteroatoms. The molecule has 0 bridgehead atoms. The van der Waals surface area contributed by atoms with Crippen LogP contribution in [0.5, 0.6) is 5.75 Å². The van der Waals surface area contributed by atoms with E-state index in [2.05, 4.69) is 0 Å². The first-order valence-corrected chi connectivity index (χ1v) is 6.09. The lowest BCUT2D eigenvalue weighted by Gasteiger charge is -2.14. The summed E-state index contributed by atoms with van der Waals surface area (Å²) in [5, 5.41) is 0. The van der Waals surface area contributed by atoms with Crippen LogP contribution in [0.25, 0.3) is 0 Å². The van der Waals surface area contributed by atoms with Crippen LogP contribution >= 0.6 is 0 Å². The van der Waals surface area contributed by atoms with Gasteiger partial charge in [0.25, 0.3) is 0 Å². The number of ether oxygens (including phenoxy) is 1. The highest BCUT2D eigenvalue weighted by molar-refractivity contribution is 5.36. The highest BCUT2D eigenvalue weighted by Crippen LogP contribution is 2.26. The van der Waals surface area contributed by atoms with E-state index < -0.39 is 23.5 Å². The molecule has 0 unspecified atom stereocenters. The van der Waals surface area contributed by atoms with Gasteiger partial charge >= 0.3 is 0 Å². The van der Waals surface area contributed by atoms with E-state index in [1.807, 2.05) is 0 Å². The second-order valence-electron chi connectivity index (χ2n) is 4.46. The number of rotatable bonds is 4. The molecular formula is C15H14F3NO. The lowest BCUT2D eigenvalue weighted by molar-refractivity contribution is 0.288. The van der Waals surface area contributed by atoms with Crippen LogP contribution in [0.15, 0.2) is 36.4 Å². The summed E-state index contributed by atoms with van der Waals surface area (Å²) >= 11 is 0. The molecule has 0 fully saturated rings. The molecule has 0 aromatic heterocycles. The van der Waals surface area contributed by atoms with Gasteiger partial charge in [-0.1, -0.05) is 6.07 Å². The molecule has 2 nitrogen and oxygen atoms in total. The first kappa shape index (κ1) is 14.4. The van der Waals surface area contributed by atoms with Crippen molar-refractivity contribution >= 4 is 0 Å². The summed E-state index contributed by atoms with van der Waals surface area (Å²) in [6.45, 7) is 1.38. The molecule has 0 saturated carbocycles. The third-order valence-corrected chi connectivity index (χ3v) is 2.90. The molecule has 0 radical (unpaired) electrons. The van der Waals surface area contributed by atoms with Crippen molar-refractivity contribution in [3.63, 3.8) is 0 Å². The van der Waals surface area contributed by atoms with Crippen molar-refractivity contribution in [3.8, 4) is 5.75 Å². The second kappa shape index (κ2) is 5.96. The van der Waals surface area contributed by atoms with E-state index in [1.54, 1.807) is 6.92 Å². The molecule has 0 saturated heterocycles. The third kappa shape index (κ3) is 3.11. The van der Waals surface area contributed by atoms with Crippen molar-refractivity contribution in [1.82, 2.24) is 0 Å². The van der Waals surface area contributed by atoms with Gasteiger partial charge in [0.15, 0.2) is 0 Å². The van der Waals surface area contributed by atoms with Gasteiger partial charge in [0.1, 0.15) is 29.8 Å². The number of hydrogen-bond acceptors (Lipinski definition) is 2. The Balaban J connectivity index is 2.23. The molecule has 2 aromatic carbocycles. The highest BCUT2D eigenvalue weighted by atomic mass is 19.1. The Morgan fingerprint density at radius 2 is 1.75 bits per heavy atom. The average Bonchev–Trinajstić information content (AvgIpc) is 2.39. The van der Waals surface area contributed by atoms with Crippen LogP contribution in [0.4, 0.5) is 13.2 Å². The summed E-state index contributed by atoms with van der Waals surface area (Å²) < 4.78 is 45.5. The topological polar surface area (TPSA) is 35.2 Å². The van der Waals surface area contributed by atoms with Gasteiger partial charge in [-0.2, -0.15) is 0 Å². The summed E-state index contributed by atoms with van der Waals surface area (Å²) in [7, 11) is 0. The molecule has 0 aliphatic rings. The molecule has 2 rings (SSSR count). The van der Waals surface area contributed by atoms with E-state index in [-0.39, 0.29) is 12.2 Å². The fourth-order valence-electron chi connectivity index (χ4n) is 1.83. The van der Waals surface area contributed by atoms with Crippen molar-refractivity contribution in [2.75, 3.05) is 0 Å². The van der Waals surface area contributed by atoms with E-state index in [4.69, 9.17) is 10.5 Å². The number of benzene rings is 2. The van der Waals surface area contributed by atoms with E-state index in [0.29, 0.717) is 11.3 Å². The summed E-state index contributed by atoms with van der Waals surface area (Å²) in [5.41, 5.74) is 5.99.